The lowest BCUT2D eigenvalue weighted by Gasteiger charge is -2.15. The van der Waals surface area contributed by atoms with Crippen molar-refractivity contribution in [2.45, 2.75) is 19.3 Å². The van der Waals surface area contributed by atoms with Crippen LogP contribution in [0.2, 0.25) is 0 Å². The highest BCUT2D eigenvalue weighted by atomic mass is 16.6. The average Bonchev–Trinajstić information content (AvgIpc) is 2.36. The molecule has 1 aromatic carbocycles. The molecule has 6 heteroatoms. The van der Waals surface area contributed by atoms with Crippen molar-refractivity contribution < 1.29 is 19.5 Å². The van der Waals surface area contributed by atoms with E-state index in [2.05, 4.69) is 0 Å². The molecule has 100 valence electrons. The van der Waals surface area contributed by atoms with Gasteiger partial charge in [-0.25, -0.2) is 0 Å². The van der Waals surface area contributed by atoms with Gasteiger partial charge in [-0.15, -0.1) is 0 Å². The standard InChI is InChI=1S/C12H17NO5/c1-4-8(7-13(15)16)9-5-10(17-2)12(14)11(6-9)18-3/h5-6,8,14H,4,7H2,1-3H3. The van der Waals surface area contributed by atoms with Gasteiger partial charge < -0.3 is 14.6 Å². The van der Waals surface area contributed by atoms with E-state index in [9.17, 15) is 15.2 Å². The molecule has 18 heavy (non-hydrogen) atoms. The smallest absolute Gasteiger partial charge is 0.210 e. The molecule has 1 unspecified atom stereocenters. The zero-order valence-electron chi connectivity index (χ0n) is 10.7. The number of nitrogens with zero attached hydrogens (tertiary/aromatic N) is 1. The summed E-state index contributed by atoms with van der Waals surface area (Å²) in [4.78, 5) is 10.3. The maximum Gasteiger partial charge on any atom is 0.210 e. The molecule has 0 amide bonds. The van der Waals surface area contributed by atoms with E-state index in [0.29, 0.717) is 6.42 Å². The van der Waals surface area contributed by atoms with Crippen LogP contribution in [0.25, 0.3) is 0 Å². The molecule has 0 heterocycles. The van der Waals surface area contributed by atoms with Gasteiger partial charge in [0.2, 0.25) is 12.3 Å². The first-order valence-corrected chi connectivity index (χ1v) is 5.60. The molecule has 1 N–H and O–H groups in total. The lowest BCUT2D eigenvalue weighted by molar-refractivity contribution is -0.483. The van der Waals surface area contributed by atoms with Gasteiger partial charge in [0.25, 0.3) is 0 Å². The first-order valence-electron chi connectivity index (χ1n) is 5.60. The van der Waals surface area contributed by atoms with Crippen LogP contribution in [0.3, 0.4) is 0 Å². The molecule has 0 saturated heterocycles. The quantitative estimate of drug-likeness (QED) is 0.622. The van der Waals surface area contributed by atoms with Crippen LogP contribution in [-0.4, -0.2) is 30.8 Å². The molecule has 0 radical (unpaired) electrons. The van der Waals surface area contributed by atoms with Gasteiger partial charge >= 0.3 is 0 Å². The van der Waals surface area contributed by atoms with Crippen LogP contribution in [0.15, 0.2) is 12.1 Å². The molecule has 1 rings (SSSR count). The second kappa shape index (κ2) is 6.09. The van der Waals surface area contributed by atoms with E-state index in [-0.39, 0.29) is 34.6 Å². The van der Waals surface area contributed by atoms with E-state index in [1.165, 1.54) is 14.2 Å². The second-order valence-corrected chi connectivity index (χ2v) is 3.89. The van der Waals surface area contributed by atoms with Crippen molar-refractivity contribution in [3.05, 3.63) is 27.8 Å². The van der Waals surface area contributed by atoms with Crippen molar-refractivity contribution in [2.75, 3.05) is 20.8 Å². The van der Waals surface area contributed by atoms with Crippen LogP contribution >= 0.6 is 0 Å². The zero-order chi connectivity index (χ0) is 13.7. The van der Waals surface area contributed by atoms with Gasteiger partial charge in [0.15, 0.2) is 11.5 Å². The fraction of sp³-hybridized carbons (Fsp3) is 0.500. The van der Waals surface area contributed by atoms with Crippen LogP contribution in [0.1, 0.15) is 24.8 Å². The normalized spacial score (nSPS) is 11.9. The summed E-state index contributed by atoms with van der Waals surface area (Å²) in [5, 5.41) is 20.4. The second-order valence-electron chi connectivity index (χ2n) is 3.89. The third-order valence-corrected chi connectivity index (χ3v) is 2.84. The van der Waals surface area contributed by atoms with Crippen LogP contribution in [-0.2, 0) is 0 Å². The molecule has 1 atom stereocenters. The van der Waals surface area contributed by atoms with E-state index in [4.69, 9.17) is 9.47 Å². The number of methoxy groups -OCH3 is 2. The molecule has 0 saturated carbocycles. The predicted octanol–water partition coefficient (Wildman–Crippen LogP) is 2.18. The average molecular weight is 255 g/mol. The number of rotatable bonds is 6. The van der Waals surface area contributed by atoms with Gasteiger partial charge in [-0.2, -0.15) is 0 Å². The highest BCUT2D eigenvalue weighted by Gasteiger charge is 2.20. The fourth-order valence-electron chi connectivity index (χ4n) is 1.80. The highest BCUT2D eigenvalue weighted by Crippen LogP contribution is 2.39. The minimum Gasteiger partial charge on any atom is -0.502 e. The maximum atomic E-state index is 10.6. The summed E-state index contributed by atoms with van der Waals surface area (Å²) in [6.45, 7) is 1.72. The maximum absolute atomic E-state index is 10.6. The van der Waals surface area contributed by atoms with Crippen molar-refractivity contribution in [1.29, 1.82) is 0 Å². The van der Waals surface area contributed by atoms with E-state index in [1.54, 1.807) is 12.1 Å². The Hall–Kier alpha value is -1.98. The van der Waals surface area contributed by atoms with Crippen LogP contribution in [0.5, 0.6) is 17.2 Å². The van der Waals surface area contributed by atoms with Gasteiger partial charge in [0.1, 0.15) is 0 Å². The number of hydrogen-bond donors (Lipinski definition) is 1. The van der Waals surface area contributed by atoms with Gasteiger partial charge in [-0.05, 0) is 24.1 Å². The Morgan fingerprint density at radius 1 is 1.33 bits per heavy atom. The van der Waals surface area contributed by atoms with E-state index < -0.39 is 0 Å². The van der Waals surface area contributed by atoms with Gasteiger partial charge in [0, 0.05) is 10.8 Å². The minimum absolute atomic E-state index is 0.0975. The molecule has 1 aromatic rings. The number of ether oxygens (including phenoxy) is 2. The topological polar surface area (TPSA) is 81.8 Å². The summed E-state index contributed by atoms with van der Waals surface area (Å²) in [5.41, 5.74) is 0.723. The Balaban J connectivity index is 3.18. The Kier molecular flexibility index (Phi) is 4.76. The summed E-state index contributed by atoms with van der Waals surface area (Å²) in [7, 11) is 2.85. The number of phenols is 1. The Bertz CT molecular complexity index is 407. The molecule has 0 aliphatic rings. The summed E-state index contributed by atoms with van der Waals surface area (Å²) in [5.74, 6) is 0.181. The summed E-state index contributed by atoms with van der Waals surface area (Å²) in [6, 6.07) is 3.21. The fourth-order valence-corrected chi connectivity index (χ4v) is 1.80. The summed E-state index contributed by atoms with van der Waals surface area (Å²) in [6.07, 6.45) is 0.623. The molecular weight excluding hydrogens is 238 g/mol. The summed E-state index contributed by atoms with van der Waals surface area (Å²) >= 11 is 0. The Morgan fingerprint density at radius 2 is 1.83 bits per heavy atom. The lowest BCUT2D eigenvalue weighted by atomic mass is 9.96. The highest BCUT2D eigenvalue weighted by molar-refractivity contribution is 5.53. The van der Waals surface area contributed by atoms with Gasteiger partial charge in [-0.1, -0.05) is 6.92 Å². The molecule has 0 spiro atoms. The molecule has 0 aliphatic heterocycles. The number of aromatic hydroxyl groups is 1. The first-order chi connectivity index (χ1) is 8.53. The molecule has 0 fully saturated rings. The van der Waals surface area contributed by atoms with E-state index in [0.717, 1.165) is 5.56 Å². The molecule has 0 aliphatic carbocycles. The van der Waals surface area contributed by atoms with Crippen molar-refractivity contribution in [3.63, 3.8) is 0 Å². The van der Waals surface area contributed by atoms with Crippen LogP contribution in [0.4, 0.5) is 0 Å². The molecule has 6 nitrogen and oxygen atoms in total. The monoisotopic (exact) mass is 255 g/mol. The number of hydrogen-bond acceptors (Lipinski definition) is 5. The van der Waals surface area contributed by atoms with E-state index in [1.807, 2.05) is 6.92 Å². The largest absolute Gasteiger partial charge is 0.502 e. The third kappa shape index (κ3) is 3.03. The van der Waals surface area contributed by atoms with Crippen molar-refractivity contribution in [1.82, 2.24) is 0 Å². The number of phenolic OH excluding ortho intramolecular Hbond substituents is 1. The van der Waals surface area contributed by atoms with Crippen LogP contribution in [0, 0.1) is 10.1 Å². The Morgan fingerprint density at radius 3 is 2.17 bits per heavy atom. The summed E-state index contributed by atoms with van der Waals surface area (Å²) < 4.78 is 10.1. The lowest BCUT2D eigenvalue weighted by Crippen LogP contribution is -2.12. The Labute approximate surface area is 105 Å². The zero-order valence-corrected chi connectivity index (χ0v) is 10.7. The molecule has 0 aromatic heterocycles. The first kappa shape index (κ1) is 14.1. The van der Waals surface area contributed by atoms with Crippen molar-refractivity contribution >= 4 is 0 Å². The SMILES string of the molecule is CCC(C[N+](=O)[O-])c1cc(OC)c(O)c(OC)c1. The van der Waals surface area contributed by atoms with Crippen LogP contribution < -0.4 is 9.47 Å². The molecule has 0 bridgehead atoms. The minimum atomic E-state index is -0.347. The molecular formula is C12H17NO5. The number of nitro groups is 1. The third-order valence-electron chi connectivity index (χ3n) is 2.84. The van der Waals surface area contributed by atoms with Gasteiger partial charge in [0.05, 0.1) is 14.2 Å². The van der Waals surface area contributed by atoms with Crippen molar-refractivity contribution in [2.24, 2.45) is 0 Å². The van der Waals surface area contributed by atoms with Crippen molar-refractivity contribution in [3.8, 4) is 17.2 Å². The number of benzene rings is 1. The van der Waals surface area contributed by atoms with Gasteiger partial charge in [-0.3, -0.25) is 10.1 Å². The van der Waals surface area contributed by atoms with E-state index >= 15 is 0 Å². The predicted molar refractivity (Wildman–Crippen MR) is 66.1 cm³/mol.